The van der Waals surface area contributed by atoms with E-state index in [4.69, 9.17) is 0 Å². The van der Waals surface area contributed by atoms with Crippen LogP contribution in [0.1, 0.15) is 52.0 Å². The summed E-state index contributed by atoms with van der Waals surface area (Å²) in [5.74, 6) is 1.99. The Bertz CT molecular complexity index is 539. The highest BCUT2D eigenvalue weighted by Gasteiger charge is 2.07. The monoisotopic (exact) mass is 347 g/mol. The standard InChI is InChI=1S/C19H33N5O/c1-14(2)7-6-8-16(4)23-19(20-5)21-12-11-18(25)24-17-10-9-15(3)13-22-17/h9-10,13-14,16H,6-8,11-12H2,1-5H3,(H2,20,21,23)(H,22,24,25). The molecule has 140 valence electrons. The summed E-state index contributed by atoms with van der Waals surface area (Å²) in [6, 6.07) is 4.09. The van der Waals surface area contributed by atoms with Crippen LogP contribution in [0.3, 0.4) is 0 Å². The van der Waals surface area contributed by atoms with Gasteiger partial charge in [-0.1, -0.05) is 32.8 Å². The number of aryl methyl sites for hydroxylation is 1. The summed E-state index contributed by atoms with van der Waals surface area (Å²) < 4.78 is 0. The van der Waals surface area contributed by atoms with Crippen LogP contribution < -0.4 is 16.0 Å². The third-order valence-electron chi connectivity index (χ3n) is 3.85. The fraction of sp³-hybridized carbons (Fsp3) is 0.632. The molecule has 0 radical (unpaired) electrons. The van der Waals surface area contributed by atoms with Crippen LogP contribution in [0.2, 0.25) is 0 Å². The van der Waals surface area contributed by atoms with E-state index in [1.54, 1.807) is 19.3 Å². The molecule has 3 N–H and O–H groups in total. The van der Waals surface area contributed by atoms with Gasteiger partial charge in [0.05, 0.1) is 0 Å². The van der Waals surface area contributed by atoms with Gasteiger partial charge < -0.3 is 16.0 Å². The number of aliphatic imine (C=N–C) groups is 1. The van der Waals surface area contributed by atoms with Gasteiger partial charge in [0.15, 0.2) is 5.96 Å². The summed E-state index contributed by atoms with van der Waals surface area (Å²) in [7, 11) is 1.74. The highest BCUT2D eigenvalue weighted by Crippen LogP contribution is 2.08. The van der Waals surface area contributed by atoms with Crippen molar-refractivity contribution in [2.45, 2.75) is 59.4 Å². The smallest absolute Gasteiger partial charge is 0.227 e. The van der Waals surface area contributed by atoms with E-state index in [1.807, 2.05) is 13.0 Å². The Morgan fingerprint density at radius 1 is 1.24 bits per heavy atom. The molecule has 0 aliphatic heterocycles. The average molecular weight is 348 g/mol. The van der Waals surface area contributed by atoms with Gasteiger partial charge >= 0.3 is 0 Å². The number of anilines is 1. The van der Waals surface area contributed by atoms with Crippen LogP contribution >= 0.6 is 0 Å². The number of carbonyl (C=O) groups is 1. The Hall–Kier alpha value is -2.11. The van der Waals surface area contributed by atoms with Crippen molar-refractivity contribution in [3.63, 3.8) is 0 Å². The third kappa shape index (κ3) is 9.69. The molecule has 1 aromatic rings. The summed E-state index contributed by atoms with van der Waals surface area (Å²) in [4.78, 5) is 20.3. The van der Waals surface area contributed by atoms with Crippen molar-refractivity contribution in [1.82, 2.24) is 15.6 Å². The maximum atomic E-state index is 11.9. The molecule has 0 saturated carbocycles. The lowest BCUT2D eigenvalue weighted by Crippen LogP contribution is -2.43. The van der Waals surface area contributed by atoms with Gasteiger partial charge in [-0.15, -0.1) is 0 Å². The van der Waals surface area contributed by atoms with Crippen molar-refractivity contribution in [2.24, 2.45) is 10.9 Å². The van der Waals surface area contributed by atoms with Crippen LogP contribution in [-0.2, 0) is 4.79 Å². The average Bonchev–Trinajstić information content (AvgIpc) is 2.55. The predicted octanol–water partition coefficient (Wildman–Crippen LogP) is 3.10. The summed E-state index contributed by atoms with van der Waals surface area (Å²) in [5, 5.41) is 9.34. The SMILES string of the molecule is CN=C(NCCC(=O)Nc1ccc(C)cn1)NC(C)CCCC(C)C. The van der Waals surface area contributed by atoms with E-state index in [9.17, 15) is 4.79 Å². The molecule has 0 spiro atoms. The Labute approximate surface area is 151 Å². The molecule has 0 aliphatic rings. The number of nitrogens with zero attached hydrogens (tertiary/aromatic N) is 2. The van der Waals surface area contributed by atoms with Crippen molar-refractivity contribution >= 4 is 17.7 Å². The zero-order valence-electron chi connectivity index (χ0n) is 16.2. The Kier molecular flexibility index (Phi) is 9.58. The van der Waals surface area contributed by atoms with Crippen LogP contribution in [0.25, 0.3) is 0 Å². The summed E-state index contributed by atoms with van der Waals surface area (Å²) in [6.07, 6.45) is 5.65. The molecule has 1 amide bonds. The highest BCUT2D eigenvalue weighted by molar-refractivity contribution is 5.90. The minimum absolute atomic E-state index is 0.0655. The van der Waals surface area contributed by atoms with Gasteiger partial charge in [-0.2, -0.15) is 0 Å². The predicted molar refractivity (Wildman–Crippen MR) is 105 cm³/mol. The fourth-order valence-corrected chi connectivity index (χ4v) is 2.37. The van der Waals surface area contributed by atoms with Crippen molar-refractivity contribution in [3.8, 4) is 0 Å². The molecular weight excluding hydrogens is 314 g/mol. The van der Waals surface area contributed by atoms with Gasteiger partial charge in [0.2, 0.25) is 5.91 Å². The van der Waals surface area contributed by atoms with Crippen molar-refractivity contribution in [1.29, 1.82) is 0 Å². The first-order valence-electron chi connectivity index (χ1n) is 9.10. The maximum Gasteiger partial charge on any atom is 0.227 e. The summed E-state index contributed by atoms with van der Waals surface area (Å²) in [5.41, 5.74) is 1.07. The second-order valence-corrected chi connectivity index (χ2v) is 6.89. The van der Waals surface area contributed by atoms with Crippen LogP contribution in [0, 0.1) is 12.8 Å². The molecule has 0 fully saturated rings. The van der Waals surface area contributed by atoms with Gasteiger partial charge in [0.25, 0.3) is 0 Å². The van der Waals surface area contributed by atoms with E-state index in [1.165, 1.54) is 12.8 Å². The molecule has 6 nitrogen and oxygen atoms in total. The number of pyridine rings is 1. The van der Waals surface area contributed by atoms with Gasteiger partial charge in [-0.05, 0) is 37.8 Å². The summed E-state index contributed by atoms with van der Waals surface area (Å²) in [6.45, 7) is 9.13. The van der Waals surface area contributed by atoms with Gasteiger partial charge in [-0.25, -0.2) is 4.98 Å². The molecule has 1 unspecified atom stereocenters. The largest absolute Gasteiger partial charge is 0.356 e. The van der Waals surface area contributed by atoms with E-state index in [0.29, 0.717) is 24.8 Å². The maximum absolute atomic E-state index is 11.9. The Morgan fingerprint density at radius 2 is 2.00 bits per heavy atom. The zero-order valence-corrected chi connectivity index (χ0v) is 16.2. The first-order chi connectivity index (χ1) is 11.9. The van der Waals surface area contributed by atoms with E-state index in [0.717, 1.165) is 23.9 Å². The normalized spacial score (nSPS) is 12.8. The number of hydrogen-bond acceptors (Lipinski definition) is 3. The fourth-order valence-electron chi connectivity index (χ4n) is 2.37. The van der Waals surface area contributed by atoms with Crippen molar-refractivity contribution in [3.05, 3.63) is 23.9 Å². The van der Waals surface area contributed by atoms with Crippen molar-refractivity contribution in [2.75, 3.05) is 18.9 Å². The van der Waals surface area contributed by atoms with E-state index in [-0.39, 0.29) is 5.91 Å². The highest BCUT2D eigenvalue weighted by atomic mass is 16.1. The van der Waals surface area contributed by atoms with Crippen LogP contribution in [-0.4, -0.2) is 36.5 Å². The van der Waals surface area contributed by atoms with E-state index in [2.05, 4.69) is 46.7 Å². The number of hydrogen-bond donors (Lipinski definition) is 3. The van der Waals surface area contributed by atoms with Crippen LogP contribution in [0.4, 0.5) is 5.82 Å². The van der Waals surface area contributed by atoms with Crippen LogP contribution in [0.5, 0.6) is 0 Å². The third-order valence-corrected chi connectivity index (χ3v) is 3.85. The number of rotatable bonds is 9. The topological polar surface area (TPSA) is 78.4 Å². The number of nitrogens with one attached hydrogen (secondary N) is 3. The summed E-state index contributed by atoms with van der Waals surface area (Å²) >= 11 is 0. The number of amides is 1. The lowest BCUT2D eigenvalue weighted by atomic mass is 10.0. The van der Waals surface area contributed by atoms with E-state index >= 15 is 0 Å². The van der Waals surface area contributed by atoms with Crippen molar-refractivity contribution < 1.29 is 4.79 Å². The molecule has 0 saturated heterocycles. The molecule has 6 heteroatoms. The quantitative estimate of drug-likeness (QED) is 0.474. The molecule has 1 heterocycles. The lowest BCUT2D eigenvalue weighted by Gasteiger charge is -2.18. The Morgan fingerprint density at radius 3 is 2.60 bits per heavy atom. The molecule has 0 aliphatic carbocycles. The van der Waals surface area contributed by atoms with Gasteiger partial charge in [-0.3, -0.25) is 9.79 Å². The Balaban J connectivity index is 2.25. The van der Waals surface area contributed by atoms with Gasteiger partial charge in [0, 0.05) is 32.3 Å². The number of carbonyl (C=O) groups excluding carboxylic acids is 1. The van der Waals surface area contributed by atoms with Gasteiger partial charge in [0.1, 0.15) is 5.82 Å². The molecule has 1 rings (SSSR count). The zero-order chi connectivity index (χ0) is 18.7. The van der Waals surface area contributed by atoms with Crippen LogP contribution in [0.15, 0.2) is 23.3 Å². The minimum Gasteiger partial charge on any atom is -0.356 e. The van der Waals surface area contributed by atoms with E-state index < -0.39 is 0 Å². The number of guanidine groups is 1. The minimum atomic E-state index is -0.0655. The molecule has 1 aromatic heterocycles. The first kappa shape index (κ1) is 20.9. The first-order valence-corrected chi connectivity index (χ1v) is 9.10. The molecule has 0 bridgehead atoms. The number of aromatic nitrogens is 1. The molecule has 1 atom stereocenters. The second-order valence-electron chi connectivity index (χ2n) is 6.89. The molecular formula is C19H33N5O. The lowest BCUT2D eigenvalue weighted by molar-refractivity contribution is -0.116. The molecule has 25 heavy (non-hydrogen) atoms. The second kappa shape index (κ2) is 11.4. The molecule has 0 aromatic carbocycles.